The molecule has 0 radical (unpaired) electrons. The van der Waals surface area contributed by atoms with Crippen LogP contribution in [0.3, 0.4) is 0 Å². The van der Waals surface area contributed by atoms with Gasteiger partial charge in [0.05, 0.1) is 12.9 Å². The minimum Gasteiger partial charge on any atom is -0.316 e. The zero-order valence-corrected chi connectivity index (χ0v) is 9.76. The van der Waals surface area contributed by atoms with Crippen molar-refractivity contribution in [2.75, 3.05) is 0 Å². The number of aromatic nitrogens is 3. The quantitative estimate of drug-likeness (QED) is 0.778. The molecule has 0 aliphatic rings. The lowest BCUT2D eigenvalue weighted by atomic mass is 10.3. The molecule has 0 aliphatic heterocycles. The summed E-state index contributed by atoms with van der Waals surface area (Å²) in [5.41, 5.74) is 0.982. The fraction of sp³-hybridized carbons (Fsp3) is 0.111. The van der Waals surface area contributed by atoms with Crippen LogP contribution in [0, 0.1) is 0 Å². The Kier molecular flexibility index (Phi) is 3.14. The maximum atomic E-state index is 5.91. The molecule has 0 saturated carbocycles. The lowest BCUT2D eigenvalue weighted by molar-refractivity contribution is 0.794. The molecule has 2 aromatic rings. The molecule has 0 atom stereocenters. The molecule has 3 nitrogen and oxygen atoms in total. The van der Waals surface area contributed by atoms with Crippen LogP contribution < -0.4 is 0 Å². The van der Waals surface area contributed by atoms with Crippen molar-refractivity contribution >= 4 is 34.8 Å². The first kappa shape index (κ1) is 10.7. The van der Waals surface area contributed by atoms with Gasteiger partial charge in [0.2, 0.25) is 0 Å². The highest BCUT2D eigenvalue weighted by Gasteiger charge is 2.06. The second-order valence-corrected chi connectivity index (χ2v) is 4.05. The zero-order valence-electron chi connectivity index (χ0n) is 7.49. The van der Waals surface area contributed by atoms with Crippen LogP contribution in [-0.2, 0) is 6.54 Å². The third-order valence-corrected chi connectivity index (χ3v) is 2.87. The minimum absolute atomic E-state index is 0.304. The van der Waals surface area contributed by atoms with Gasteiger partial charge in [0.15, 0.2) is 5.15 Å². The van der Waals surface area contributed by atoms with E-state index in [0.29, 0.717) is 22.0 Å². The monoisotopic (exact) mass is 261 g/mol. The van der Waals surface area contributed by atoms with Crippen molar-refractivity contribution in [2.24, 2.45) is 0 Å². The Bertz CT molecular complexity index is 464. The molecule has 0 bridgehead atoms. The van der Waals surface area contributed by atoms with Crippen molar-refractivity contribution in [3.63, 3.8) is 0 Å². The lowest BCUT2D eigenvalue weighted by Gasteiger charge is -2.03. The topological polar surface area (TPSA) is 30.7 Å². The Hall–Kier alpha value is -0.770. The summed E-state index contributed by atoms with van der Waals surface area (Å²) in [6.45, 7) is 0.572. The molecule has 78 valence electrons. The molecule has 0 saturated heterocycles. The number of imidazole rings is 1. The van der Waals surface area contributed by atoms with Gasteiger partial charge in [-0.2, -0.15) is 0 Å². The van der Waals surface area contributed by atoms with Crippen LogP contribution in [0.4, 0.5) is 0 Å². The third kappa shape index (κ3) is 2.43. The fourth-order valence-electron chi connectivity index (χ4n) is 1.15. The van der Waals surface area contributed by atoms with Crippen molar-refractivity contribution in [1.82, 2.24) is 14.5 Å². The van der Waals surface area contributed by atoms with Gasteiger partial charge in [-0.3, -0.25) is 0 Å². The minimum atomic E-state index is 0.304. The number of nitrogens with zero attached hydrogens (tertiary/aromatic N) is 3. The third-order valence-electron chi connectivity index (χ3n) is 1.87. The van der Waals surface area contributed by atoms with Crippen LogP contribution in [0.5, 0.6) is 0 Å². The van der Waals surface area contributed by atoms with Crippen molar-refractivity contribution in [1.29, 1.82) is 0 Å². The SMILES string of the molecule is Clc1ccc(Cn2cnc(Cl)c2Cl)cn1. The zero-order chi connectivity index (χ0) is 10.8. The highest BCUT2D eigenvalue weighted by atomic mass is 35.5. The van der Waals surface area contributed by atoms with Gasteiger partial charge >= 0.3 is 0 Å². The van der Waals surface area contributed by atoms with Crippen molar-refractivity contribution in [2.45, 2.75) is 6.54 Å². The maximum absolute atomic E-state index is 5.91. The molecular weight excluding hydrogens is 256 g/mol. The largest absolute Gasteiger partial charge is 0.316 e. The standard InChI is InChI=1S/C9H6Cl3N3/c10-7-2-1-6(3-13-7)4-15-5-14-8(11)9(15)12/h1-3,5H,4H2. The number of rotatable bonds is 2. The lowest BCUT2D eigenvalue weighted by Crippen LogP contribution is -1.98. The van der Waals surface area contributed by atoms with Gasteiger partial charge < -0.3 is 4.57 Å². The van der Waals surface area contributed by atoms with Gasteiger partial charge in [0.1, 0.15) is 10.3 Å². The highest BCUT2D eigenvalue weighted by molar-refractivity contribution is 6.40. The molecule has 0 spiro atoms. The predicted octanol–water partition coefficient (Wildman–Crippen LogP) is 3.29. The smallest absolute Gasteiger partial charge is 0.166 e. The van der Waals surface area contributed by atoms with E-state index in [1.807, 2.05) is 6.07 Å². The summed E-state index contributed by atoms with van der Waals surface area (Å²) in [7, 11) is 0. The normalized spacial score (nSPS) is 10.6. The number of pyridine rings is 1. The average molecular weight is 263 g/mol. The summed E-state index contributed by atoms with van der Waals surface area (Å²) >= 11 is 17.3. The van der Waals surface area contributed by atoms with E-state index in [4.69, 9.17) is 34.8 Å². The number of halogens is 3. The van der Waals surface area contributed by atoms with E-state index in [9.17, 15) is 0 Å². The molecule has 2 aromatic heterocycles. The first-order chi connectivity index (χ1) is 7.16. The number of hydrogen-bond donors (Lipinski definition) is 0. The summed E-state index contributed by atoms with van der Waals surface area (Å²) in [6, 6.07) is 3.60. The first-order valence-corrected chi connectivity index (χ1v) is 5.27. The van der Waals surface area contributed by atoms with Crippen molar-refractivity contribution in [3.8, 4) is 0 Å². The number of hydrogen-bond acceptors (Lipinski definition) is 2. The first-order valence-electron chi connectivity index (χ1n) is 4.13. The molecule has 0 N–H and O–H groups in total. The summed E-state index contributed by atoms with van der Waals surface area (Å²) in [6.07, 6.45) is 3.27. The van der Waals surface area contributed by atoms with Gasteiger partial charge in [-0.1, -0.05) is 40.9 Å². The summed E-state index contributed by atoms with van der Waals surface area (Å²) in [5.74, 6) is 0. The second kappa shape index (κ2) is 4.39. The van der Waals surface area contributed by atoms with Gasteiger partial charge in [0, 0.05) is 6.20 Å². The van der Waals surface area contributed by atoms with Crippen LogP contribution in [-0.4, -0.2) is 14.5 Å². The Morgan fingerprint density at radius 2 is 1.93 bits per heavy atom. The molecule has 0 aliphatic carbocycles. The maximum Gasteiger partial charge on any atom is 0.166 e. The molecule has 0 aromatic carbocycles. The summed E-state index contributed by atoms with van der Waals surface area (Å²) in [5, 5.41) is 1.19. The Morgan fingerprint density at radius 1 is 1.13 bits per heavy atom. The van der Waals surface area contributed by atoms with Crippen molar-refractivity contribution < 1.29 is 0 Å². The highest BCUT2D eigenvalue weighted by Crippen LogP contribution is 2.20. The van der Waals surface area contributed by atoms with E-state index in [0.717, 1.165) is 5.56 Å². The average Bonchev–Trinajstić information content (AvgIpc) is 2.53. The second-order valence-electron chi connectivity index (χ2n) is 2.94. The molecule has 6 heteroatoms. The van der Waals surface area contributed by atoms with E-state index in [2.05, 4.69) is 9.97 Å². The summed E-state index contributed by atoms with van der Waals surface area (Å²) in [4.78, 5) is 7.85. The molecule has 15 heavy (non-hydrogen) atoms. The Morgan fingerprint density at radius 3 is 2.47 bits per heavy atom. The molecule has 2 rings (SSSR count). The summed E-state index contributed by atoms with van der Waals surface area (Å²) < 4.78 is 1.73. The van der Waals surface area contributed by atoms with E-state index >= 15 is 0 Å². The fourth-order valence-corrected chi connectivity index (χ4v) is 1.57. The molecule has 2 heterocycles. The molecule has 0 amide bonds. The molecule has 0 unspecified atom stereocenters. The Balaban J connectivity index is 2.22. The Labute approximate surface area is 102 Å². The van der Waals surface area contributed by atoms with E-state index in [1.54, 1.807) is 23.2 Å². The van der Waals surface area contributed by atoms with Gasteiger partial charge in [-0.25, -0.2) is 9.97 Å². The van der Waals surface area contributed by atoms with Gasteiger partial charge in [-0.05, 0) is 11.6 Å². The van der Waals surface area contributed by atoms with E-state index in [1.165, 1.54) is 0 Å². The van der Waals surface area contributed by atoms with Crippen molar-refractivity contribution in [3.05, 3.63) is 45.7 Å². The van der Waals surface area contributed by atoms with Crippen LogP contribution in [0.25, 0.3) is 0 Å². The van der Waals surface area contributed by atoms with E-state index < -0.39 is 0 Å². The van der Waals surface area contributed by atoms with Crippen LogP contribution >= 0.6 is 34.8 Å². The van der Waals surface area contributed by atoms with Crippen LogP contribution in [0.15, 0.2) is 24.7 Å². The van der Waals surface area contributed by atoms with Crippen LogP contribution in [0.1, 0.15) is 5.56 Å². The molecule has 0 fully saturated rings. The van der Waals surface area contributed by atoms with E-state index in [-0.39, 0.29) is 0 Å². The van der Waals surface area contributed by atoms with Gasteiger partial charge in [-0.15, -0.1) is 0 Å². The predicted molar refractivity (Wildman–Crippen MR) is 60.6 cm³/mol. The van der Waals surface area contributed by atoms with Crippen LogP contribution in [0.2, 0.25) is 15.5 Å². The van der Waals surface area contributed by atoms with Gasteiger partial charge in [0.25, 0.3) is 0 Å². The molecular formula is C9H6Cl3N3.